The second-order valence-electron chi connectivity index (χ2n) is 4.65. The highest BCUT2D eigenvalue weighted by atomic mass is 16.5. The van der Waals surface area contributed by atoms with Crippen molar-refractivity contribution < 1.29 is 14.3 Å². The molecule has 19 heavy (non-hydrogen) atoms. The van der Waals surface area contributed by atoms with Gasteiger partial charge in [0.2, 0.25) is 5.91 Å². The van der Waals surface area contributed by atoms with E-state index in [1.807, 2.05) is 20.8 Å². The van der Waals surface area contributed by atoms with Crippen molar-refractivity contribution in [3.05, 3.63) is 28.8 Å². The molecular weight excluding hydrogens is 242 g/mol. The monoisotopic (exact) mass is 263 g/mol. The number of benzene rings is 1. The third-order valence-electron chi connectivity index (χ3n) is 2.99. The largest absolute Gasteiger partial charge is 0.493 e. The third-order valence-corrected chi connectivity index (χ3v) is 2.99. The summed E-state index contributed by atoms with van der Waals surface area (Å²) in [6.07, 6.45) is 1.84. The molecule has 1 aromatic carbocycles. The van der Waals surface area contributed by atoms with Gasteiger partial charge in [-0.15, -0.1) is 0 Å². The molecule has 0 aliphatic rings. The minimum Gasteiger partial charge on any atom is -0.493 e. The topological polar surface area (TPSA) is 69.4 Å². The van der Waals surface area contributed by atoms with E-state index in [0.29, 0.717) is 31.4 Å². The van der Waals surface area contributed by atoms with Crippen LogP contribution in [0.2, 0.25) is 0 Å². The average molecular weight is 263 g/mol. The molecule has 0 aliphatic heterocycles. The fourth-order valence-corrected chi connectivity index (χ4v) is 1.94. The number of hydrogen-bond donors (Lipinski definition) is 1. The van der Waals surface area contributed by atoms with Gasteiger partial charge in [0.1, 0.15) is 11.5 Å². The van der Waals surface area contributed by atoms with E-state index >= 15 is 0 Å². The second kappa shape index (κ2) is 6.92. The number of Topliss-reactive ketones (excluding diaryl/α,β-unsaturated/α-hetero) is 1. The Hall–Kier alpha value is -1.84. The highest BCUT2D eigenvalue weighted by molar-refractivity contribution is 5.93. The number of primary amides is 1. The Morgan fingerprint density at radius 3 is 2.26 bits per heavy atom. The maximum Gasteiger partial charge on any atom is 0.248 e. The molecule has 0 radical (unpaired) electrons. The summed E-state index contributed by atoms with van der Waals surface area (Å²) in [6, 6.07) is 3.45. The van der Waals surface area contributed by atoms with Gasteiger partial charge in [0.15, 0.2) is 0 Å². The summed E-state index contributed by atoms with van der Waals surface area (Å²) in [5.74, 6) is 0.585. The van der Waals surface area contributed by atoms with Gasteiger partial charge in [0, 0.05) is 18.4 Å². The lowest BCUT2D eigenvalue weighted by Crippen LogP contribution is -2.12. The number of carbonyl (C=O) groups excluding carboxylic acids is 2. The molecule has 0 spiro atoms. The van der Waals surface area contributed by atoms with Crippen LogP contribution in [0.3, 0.4) is 0 Å². The van der Waals surface area contributed by atoms with Crippen molar-refractivity contribution >= 4 is 11.7 Å². The van der Waals surface area contributed by atoms with E-state index in [0.717, 1.165) is 16.9 Å². The number of hydrogen-bond acceptors (Lipinski definition) is 3. The van der Waals surface area contributed by atoms with Crippen LogP contribution in [0.5, 0.6) is 5.75 Å². The summed E-state index contributed by atoms with van der Waals surface area (Å²) in [4.78, 5) is 22.3. The molecule has 2 N–H and O–H groups in total. The molecule has 104 valence electrons. The minimum absolute atomic E-state index is 0.251. The molecule has 0 saturated heterocycles. The SMILES string of the molecule is CCC(=O)CCCOc1c(C)cc(C(N)=O)cc1C. The minimum atomic E-state index is -0.439. The van der Waals surface area contributed by atoms with Crippen LogP contribution in [0.25, 0.3) is 0 Å². The predicted molar refractivity (Wildman–Crippen MR) is 74.5 cm³/mol. The molecule has 1 rings (SSSR count). The quantitative estimate of drug-likeness (QED) is 0.768. The molecule has 0 aromatic heterocycles. The summed E-state index contributed by atoms with van der Waals surface area (Å²) in [5, 5.41) is 0. The summed E-state index contributed by atoms with van der Waals surface area (Å²) in [6.45, 7) is 6.13. The first-order chi connectivity index (χ1) is 8.95. The van der Waals surface area contributed by atoms with Gasteiger partial charge in [0.05, 0.1) is 6.61 Å². The van der Waals surface area contributed by atoms with Crippen LogP contribution in [0.4, 0.5) is 0 Å². The lowest BCUT2D eigenvalue weighted by Gasteiger charge is -2.13. The van der Waals surface area contributed by atoms with E-state index in [1.165, 1.54) is 0 Å². The highest BCUT2D eigenvalue weighted by Gasteiger charge is 2.09. The molecule has 0 unspecified atom stereocenters. The first kappa shape index (κ1) is 15.2. The van der Waals surface area contributed by atoms with Crippen LogP contribution in [0.15, 0.2) is 12.1 Å². The number of ketones is 1. The summed E-state index contributed by atoms with van der Waals surface area (Å²) in [5.41, 5.74) is 7.51. The van der Waals surface area contributed by atoms with Gasteiger partial charge < -0.3 is 10.5 Å². The first-order valence-corrected chi connectivity index (χ1v) is 6.51. The molecule has 0 fully saturated rings. The molecule has 0 saturated carbocycles. The zero-order valence-electron chi connectivity index (χ0n) is 11.8. The predicted octanol–water partition coefficient (Wildman–Crippen LogP) is 2.54. The Morgan fingerprint density at radius 2 is 1.79 bits per heavy atom. The van der Waals surface area contributed by atoms with Crippen LogP contribution < -0.4 is 10.5 Å². The van der Waals surface area contributed by atoms with Gasteiger partial charge in [-0.2, -0.15) is 0 Å². The van der Waals surface area contributed by atoms with Crippen molar-refractivity contribution in [2.75, 3.05) is 6.61 Å². The van der Waals surface area contributed by atoms with Crippen LogP contribution in [0, 0.1) is 13.8 Å². The molecule has 0 aliphatic carbocycles. The fourth-order valence-electron chi connectivity index (χ4n) is 1.94. The first-order valence-electron chi connectivity index (χ1n) is 6.51. The zero-order valence-corrected chi connectivity index (χ0v) is 11.8. The Bertz CT molecular complexity index is 457. The maximum atomic E-state index is 11.2. The molecule has 4 heteroatoms. The fraction of sp³-hybridized carbons (Fsp3) is 0.467. The zero-order chi connectivity index (χ0) is 14.4. The van der Waals surface area contributed by atoms with Crippen molar-refractivity contribution in [1.82, 2.24) is 0 Å². The van der Waals surface area contributed by atoms with Gasteiger partial charge in [0.25, 0.3) is 0 Å². The molecule has 1 amide bonds. The van der Waals surface area contributed by atoms with E-state index in [1.54, 1.807) is 12.1 Å². The van der Waals surface area contributed by atoms with E-state index in [-0.39, 0.29) is 5.78 Å². The molecular formula is C15H21NO3. The van der Waals surface area contributed by atoms with Gasteiger partial charge in [-0.05, 0) is 43.5 Å². The normalized spacial score (nSPS) is 10.3. The van der Waals surface area contributed by atoms with E-state index in [9.17, 15) is 9.59 Å². The van der Waals surface area contributed by atoms with Gasteiger partial charge >= 0.3 is 0 Å². The van der Waals surface area contributed by atoms with E-state index < -0.39 is 5.91 Å². The van der Waals surface area contributed by atoms with Gasteiger partial charge in [-0.1, -0.05) is 6.92 Å². The van der Waals surface area contributed by atoms with Crippen LogP contribution in [0.1, 0.15) is 47.7 Å². The van der Waals surface area contributed by atoms with Crippen molar-refractivity contribution in [2.24, 2.45) is 5.73 Å². The smallest absolute Gasteiger partial charge is 0.248 e. The van der Waals surface area contributed by atoms with Crippen molar-refractivity contribution in [1.29, 1.82) is 0 Å². The molecule has 4 nitrogen and oxygen atoms in total. The number of aryl methyl sites for hydroxylation is 2. The Morgan fingerprint density at radius 1 is 1.21 bits per heavy atom. The van der Waals surface area contributed by atoms with Crippen molar-refractivity contribution in [2.45, 2.75) is 40.0 Å². The Balaban J connectivity index is 2.64. The van der Waals surface area contributed by atoms with Gasteiger partial charge in [-0.3, -0.25) is 9.59 Å². The van der Waals surface area contributed by atoms with Crippen LogP contribution >= 0.6 is 0 Å². The summed E-state index contributed by atoms with van der Waals surface area (Å²) >= 11 is 0. The molecule has 1 aromatic rings. The molecule has 0 heterocycles. The average Bonchev–Trinajstić information content (AvgIpc) is 2.36. The van der Waals surface area contributed by atoms with E-state index in [2.05, 4.69) is 0 Å². The lowest BCUT2D eigenvalue weighted by molar-refractivity contribution is -0.118. The van der Waals surface area contributed by atoms with Crippen molar-refractivity contribution in [3.8, 4) is 5.75 Å². The third kappa shape index (κ3) is 4.39. The van der Waals surface area contributed by atoms with Crippen LogP contribution in [-0.4, -0.2) is 18.3 Å². The number of amides is 1. The molecule has 0 bridgehead atoms. The molecule has 0 atom stereocenters. The number of rotatable bonds is 7. The Labute approximate surface area is 113 Å². The standard InChI is InChI=1S/C15H21NO3/c1-4-13(17)6-5-7-19-14-10(2)8-12(15(16)18)9-11(14)3/h8-9H,4-7H2,1-3H3,(H2,16,18). The van der Waals surface area contributed by atoms with Crippen LogP contribution in [-0.2, 0) is 4.79 Å². The Kier molecular flexibility index (Phi) is 5.55. The lowest BCUT2D eigenvalue weighted by atomic mass is 10.1. The highest BCUT2D eigenvalue weighted by Crippen LogP contribution is 2.25. The number of carbonyl (C=O) groups is 2. The maximum absolute atomic E-state index is 11.2. The second-order valence-corrected chi connectivity index (χ2v) is 4.65. The summed E-state index contributed by atoms with van der Waals surface area (Å²) in [7, 11) is 0. The number of ether oxygens (including phenoxy) is 1. The number of nitrogens with two attached hydrogens (primary N) is 1. The summed E-state index contributed by atoms with van der Waals surface area (Å²) < 4.78 is 5.69. The van der Waals surface area contributed by atoms with Gasteiger partial charge in [-0.25, -0.2) is 0 Å². The van der Waals surface area contributed by atoms with E-state index in [4.69, 9.17) is 10.5 Å². The van der Waals surface area contributed by atoms with Crippen molar-refractivity contribution in [3.63, 3.8) is 0 Å².